The van der Waals surface area contributed by atoms with E-state index in [1.54, 1.807) is 0 Å². The summed E-state index contributed by atoms with van der Waals surface area (Å²) < 4.78 is 5.80. The van der Waals surface area contributed by atoms with Crippen molar-refractivity contribution in [3.05, 3.63) is 0 Å². The Kier molecular flexibility index (Phi) is 12.3. The summed E-state index contributed by atoms with van der Waals surface area (Å²) in [7, 11) is 0. The fraction of sp³-hybridized carbons (Fsp3) is 1.00. The lowest BCUT2D eigenvalue weighted by Crippen LogP contribution is -2.24. The fourth-order valence-corrected chi connectivity index (χ4v) is 1.85. The van der Waals surface area contributed by atoms with Crippen LogP contribution in [0, 0.1) is 0 Å². The molecular weight excluding hydrogens is 210 g/mol. The van der Waals surface area contributed by atoms with Gasteiger partial charge in [-0.2, -0.15) is 0 Å². The molecule has 0 saturated heterocycles. The summed E-state index contributed by atoms with van der Waals surface area (Å²) >= 11 is 0. The quantitative estimate of drug-likeness (QED) is 0.520. The first-order chi connectivity index (χ1) is 8.16. The molecule has 0 aromatic rings. The number of rotatable bonds is 12. The zero-order chi connectivity index (χ0) is 12.9. The monoisotopic (exact) mass is 243 g/mol. The molecule has 1 atom stereocenters. The summed E-state index contributed by atoms with van der Waals surface area (Å²) in [5.74, 6) is 0. The molecule has 0 aliphatic carbocycles. The first-order valence-electron chi connectivity index (χ1n) is 7.51. The number of nitrogens with one attached hydrogen (secondary N) is 1. The molecule has 0 aliphatic heterocycles. The lowest BCUT2D eigenvalue weighted by Gasteiger charge is -2.14. The van der Waals surface area contributed by atoms with Crippen LogP contribution in [0.15, 0.2) is 0 Å². The average Bonchev–Trinajstić information content (AvgIpc) is 2.29. The van der Waals surface area contributed by atoms with E-state index in [2.05, 4.69) is 33.0 Å². The van der Waals surface area contributed by atoms with Crippen LogP contribution < -0.4 is 5.32 Å². The van der Waals surface area contributed by atoms with Crippen LogP contribution in [-0.4, -0.2) is 25.3 Å². The van der Waals surface area contributed by atoms with Gasteiger partial charge in [0.1, 0.15) is 0 Å². The van der Waals surface area contributed by atoms with E-state index < -0.39 is 0 Å². The maximum Gasteiger partial charge on any atom is 0.0547 e. The van der Waals surface area contributed by atoms with E-state index in [4.69, 9.17) is 4.74 Å². The molecule has 0 bridgehead atoms. The minimum absolute atomic E-state index is 0.426. The van der Waals surface area contributed by atoms with Gasteiger partial charge in [-0.25, -0.2) is 0 Å². The summed E-state index contributed by atoms with van der Waals surface area (Å²) in [6.07, 6.45) is 9.44. The van der Waals surface area contributed by atoms with E-state index in [1.165, 1.54) is 44.9 Å². The van der Waals surface area contributed by atoms with Crippen molar-refractivity contribution >= 4 is 0 Å². The number of unbranched alkanes of at least 4 members (excludes halogenated alkanes) is 4. The third kappa shape index (κ3) is 13.9. The van der Waals surface area contributed by atoms with E-state index in [0.29, 0.717) is 12.1 Å². The van der Waals surface area contributed by atoms with Crippen LogP contribution in [-0.2, 0) is 4.74 Å². The van der Waals surface area contributed by atoms with Gasteiger partial charge in [0.05, 0.1) is 6.10 Å². The second kappa shape index (κ2) is 12.4. The Balaban J connectivity index is 3.14. The highest BCUT2D eigenvalue weighted by atomic mass is 16.5. The summed E-state index contributed by atoms with van der Waals surface area (Å²) in [5, 5.41) is 3.44. The Morgan fingerprint density at radius 1 is 0.941 bits per heavy atom. The molecule has 0 spiro atoms. The SMILES string of the molecule is CCCCCCCOC(C)CCCNC(C)C. The van der Waals surface area contributed by atoms with Crippen molar-refractivity contribution in [1.82, 2.24) is 5.32 Å². The van der Waals surface area contributed by atoms with Gasteiger partial charge < -0.3 is 10.1 Å². The highest BCUT2D eigenvalue weighted by molar-refractivity contribution is 4.56. The van der Waals surface area contributed by atoms with Gasteiger partial charge in [0.25, 0.3) is 0 Å². The Morgan fingerprint density at radius 3 is 2.29 bits per heavy atom. The van der Waals surface area contributed by atoms with Crippen molar-refractivity contribution in [3.63, 3.8) is 0 Å². The molecule has 0 rings (SSSR count). The molecule has 17 heavy (non-hydrogen) atoms. The first kappa shape index (κ1) is 16.9. The van der Waals surface area contributed by atoms with Crippen LogP contribution in [0.5, 0.6) is 0 Å². The number of hydrogen-bond acceptors (Lipinski definition) is 2. The van der Waals surface area contributed by atoms with Crippen LogP contribution in [0.2, 0.25) is 0 Å². The molecule has 0 aromatic carbocycles. The van der Waals surface area contributed by atoms with Crippen molar-refractivity contribution in [3.8, 4) is 0 Å². The Hall–Kier alpha value is -0.0800. The second-order valence-electron chi connectivity index (χ2n) is 5.35. The van der Waals surface area contributed by atoms with Crippen molar-refractivity contribution in [2.24, 2.45) is 0 Å². The standard InChI is InChI=1S/C15H33NO/c1-5-6-7-8-9-13-17-15(4)11-10-12-16-14(2)3/h14-16H,5-13H2,1-4H3. The predicted octanol–water partition coefficient (Wildman–Crippen LogP) is 4.14. The Labute approximate surface area is 109 Å². The van der Waals surface area contributed by atoms with E-state index in [1.807, 2.05) is 0 Å². The maximum absolute atomic E-state index is 5.80. The first-order valence-corrected chi connectivity index (χ1v) is 7.51. The van der Waals surface area contributed by atoms with Crippen LogP contribution >= 0.6 is 0 Å². The Morgan fingerprint density at radius 2 is 1.65 bits per heavy atom. The largest absolute Gasteiger partial charge is 0.379 e. The molecule has 1 unspecified atom stereocenters. The molecule has 1 N–H and O–H groups in total. The molecule has 0 aromatic heterocycles. The molecule has 104 valence electrons. The smallest absolute Gasteiger partial charge is 0.0547 e. The summed E-state index contributed by atoms with van der Waals surface area (Å²) in [4.78, 5) is 0. The molecule has 0 saturated carbocycles. The van der Waals surface area contributed by atoms with Crippen molar-refractivity contribution < 1.29 is 4.74 Å². The highest BCUT2D eigenvalue weighted by Crippen LogP contribution is 2.06. The minimum Gasteiger partial charge on any atom is -0.379 e. The van der Waals surface area contributed by atoms with E-state index >= 15 is 0 Å². The second-order valence-corrected chi connectivity index (χ2v) is 5.35. The molecule has 0 fully saturated rings. The average molecular weight is 243 g/mol. The van der Waals surface area contributed by atoms with Crippen LogP contribution in [0.3, 0.4) is 0 Å². The number of ether oxygens (including phenoxy) is 1. The molecule has 0 aliphatic rings. The molecule has 2 nitrogen and oxygen atoms in total. The van der Waals surface area contributed by atoms with Gasteiger partial charge in [-0.05, 0) is 32.7 Å². The van der Waals surface area contributed by atoms with Gasteiger partial charge in [0, 0.05) is 12.6 Å². The Bertz CT molecular complexity index is 148. The van der Waals surface area contributed by atoms with Crippen LogP contribution in [0.1, 0.15) is 72.6 Å². The lowest BCUT2D eigenvalue weighted by molar-refractivity contribution is 0.0561. The molecule has 0 amide bonds. The number of hydrogen-bond donors (Lipinski definition) is 1. The van der Waals surface area contributed by atoms with Crippen LogP contribution in [0.25, 0.3) is 0 Å². The molecule has 0 heterocycles. The minimum atomic E-state index is 0.426. The molecular formula is C15H33NO. The van der Waals surface area contributed by atoms with Gasteiger partial charge in [0.2, 0.25) is 0 Å². The lowest BCUT2D eigenvalue weighted by atomic mass is 10.1. The van der Waals surface area contributed by atoms with Gasteiger partial charge in [0.15, 0.2) is 0 Å². The van der Waals surface area contributed by atoms with Gasteiger partial charge in [-0.1, -0.05) is 46.5 Å². The van der Waals surface area contributed by atoms with Crippen LogP contribution in [0.4, 0.5) is 0 Å². The summed E-state index contributed by atoms with van der Waals surface area (Å²) in [5.41, 5.74) is 0. The molecule has 0 radical (unpaired) electrons. The van der Waals surface area contributed by atoms with E-state index in [9.17, 15) is 0 Å². The van der Waals surface area contributed by atoms with Crippen molar-refractivity contribution in [2.45, 2.75) is 84.8 Å². The van der Waals surface area contributed by atoms with Gasteiger partial charge >= 0.3 is 0 Å². The van der Waals surface area contributed by atoms with Crippen molar-refractivity contribution in [2.75, 3.05) is 13.2 Å². The maximum atomic E-state index is 5.80. The third-order valence-electron chi connectivity index (χ3n) is 2.99. The fourth-order valence-electron chi connectivity index (χ4n) is 1.85. The zero-order valence-electron chi connectivity index (χ0n) is 12.4. The molecule has 2 heteroatoms. The normalized spacial score (nSPS) is 13.2. The summed E-state index contributed by atoms with van der Waals surface area (Å²) in [6.45, 7) is 10.9. The van der Waals surface area contributed by atoms with Gasteiger partial charge in [-0.15, -0.1) is 0 Å². The van der Waals surface area contributed by atoms with Gasteiger partial charge in [-0.3, -0.25) is 0 Å². The van der Waals surface area contributed by atoms with E-state index in [-0.39, 0.29) is 0 Å². The summed E-state index contributed by atoms with van der Waals surface area (Å²) in [6, 6.07) is 0.602. The zero-order valence-corrected chi connectivity index (χ0v) is 12.4. The highest BCUT2D eigenvalue weighted by Gasteiger charge is 2.02. The third-order valence-corrected chi connectivity index (χ3v) is 2.99. The predicted molar refractivity (Wildman–Crippen MR) is 76.5 cm³/mol. The van der Waals surface area contributed by atoms with E-state index in [0.717, 1.165) is 13.2 Å². The topological polar surface area (TPSA) is 21.3 Å². The van der Waals surface area contributed by atoms with Crippen molar-refractivity contribution in [1.29, 1.82) is 0 Å².